The van der Waals surface area contributed by atoms with Crippen molar-refractivity contribution in [3.8, 4) is 0 Å². The predicted molar refractivity (Wildman–Crippen MR) is 70.4 cm³/mol. The van der Waals surface area contributed by atoms with E-state index < -0.39 is 0 Å². The van der Waals surface area contributed by atoms with Gasteiger partial charge in [-0.2, -0.15) is 0 Å². The molecule has 6 heteroatoms. The van der Waals surface area contributed by atoms with E-state index in [2.05, 4.69) is 38.0 Å². The van der Waals surface area contributed by atoms with Gasteiger partial charge >= 0.3 is 6.03 Å². The lowest BCUT2D eigenvalue weighted by atomic mass is 10.3. The first kappa shape index (κ1) is 13.3. The molecule has 1 heterocycles. The number of aromatic nitrogens is 1. The van der Waals surface area contributed by atoms with Crippen LogP contribution >= 0.6 is 12.2 Å². The summed E-state index contributed by atoms with van der Waals surface area (Å²) in [5.74, 6) is 0. The lowest BCUT2D eigenvalue weighted by Gasteiger charge is -2.06. The van der Waals surface area contributed by atoms with E-state index in [0.29, 0.717) is 18.8 Å². The van der Waals surface area contributed by atoms with Gasteiger partial charge in [0.15, 0.2) is 0 Å². The van der Waals surface area contributed by atoms with Gasteiger partial charge in [-0.05, 0) is 37.2 Å². The number of thiocarbonyl (C=S) groups is 1. The Hall–Kier alpha value is -1.78. The Bertz CT molecular complexity index is 390. The number of hydrogen-bond donors (Lipinski definition) is 2. The zero-order chi connectivity index (χ0) is 12.3. The van der Waals surface area contributed by atoms with Crippen molar-refractivity contribution in [1.29, 1.82) is 0 Å². The summed E-state index contributed by atoms with van der Waals surface area (Å²) in [5.41, 5.74) is 0.676. The van der Waals surface area contributed by atoms with E-state index in [0.717, 1.165) is 12.8 Å². The zero-order valence-electron chi connectivity index (χ0n) is 9.35. The number of nitrogens with one attached hydrogen (secondary N) is 2. The van der Waals surface area contributed by atoms with Crippen molar-refractivity contribution in [1.82, 2.24) is 10.3 Å². The molecule has 2 amide bonds. The molecule has 17 heavy (non-hydrogen) atoms. The highest BCUT2D eigenvalue weighted by Gasteiger charge is 1.99. The molecular formula is C11H14N4OS. The Labute approximate surface area is 105 Å². The van der Waals surface area contributed by atoms with Crippen LogP contribution in [0.4, 0.5) is 10.5 Å². The highest BCUT2D eigenvalue weighted by atomic mass is 32.1. The molecule has 0 saturated carbocycles. The van der Waals surface area contributed by atoms with Crippen LogP contribution in [0.5, 0.6) is 0 Å². The molecule has 0 saturated heterocycles. The predicted octanol–water partition coefficient (Wildman–Crippen LogP) is 2.09. The normalized spacial score (nSPS) is 9.18. The van der Waals surface area contributed by atoms with E-state index in [-0.39, 0.29) is 6.03 Å². The summed E-state index contributed by atoms with van der Waals surface area (Å²) in [4.78, 5) is 19.1. The molecule has 90 valence electrons. The summed E-state index contributed by atoms with van der Waals surface area (Å²) in [7, 11) is 0. The number of anilines is 1. The lowest BCUT2D eigenvalue weighted by molar-refractivity contribution is 0.252. The second kappa shape index (κ2) is 8.38. The summed E-state index contributed by atoms with van der Waals surface area (Å²) in [5, 5.41) is 7.72. The molecule has 0 aromatic carbocycles. The summed E-state index contributed by atoms with van der Waals surface area (Å²) in [6.07, 6.45) is 4.99. The fraction of sp³-hybridized carbons (Fsp3) is 0.364. The smallest absolute Gasteiger partial charge is 0.319 e. The molecular weight excluding hydrogens is 236 g/mol. The molecule has 1 aromatic rings. The fourth-order valence-electron chi connectivity index (χ4n) is 1.18. The number of urea groups is 1. The average molecular weight is 250 g/mol. The van der Waals surface area contributed by atoms with Crippen molar-refractivity contribution in [2.45, 2.75) is 12.8 Å². The van der Waals surface area contributed by atoms with Gasteiger partial charge in [0, 0.05) is 19.3 Å². The topological polar surface area (TPSA) is 66.4 Å². The van der Waals surface area contributed by atoms with Crippen LogP contribution in [0.15, 0.2) is 29.5 Å². The van der Waals surface area contributed by atoms with Gasteiger partial charge in [0.05, 0.1) is 17.0 Å². The Morgan fingerprint density at radius 1 is 1.53 bits per heavy atom. The van der Waals surface area contributed by atoms with E-state index in [1.807, 2.05) is 0 Å². The average Bonchev–Trinajstić information content (AvgIpc) is 2.35. The lowest BCUT2D eigenvalue weighted by Crippen LogP contribution is -2.29. The number of hydrogen-bond acceptors (Lipinski definition) is 4. The number of amides is 2. The van der Waals surface area contributed by atoms with Crippen molar-refractivity contribution in [3.63, 3.8) is 0 Å². The number of carbonyl (C=O) groups is 1. The number of aliphatic imine (C=N–C) groups is 1. The molecule has 0 aliphatic carbocycles. The molecule has 2 N–H and O–H groups in total. The second-order valence-electron chi connectivity index (χ2n) is 3.30. The SMILES string of the molecule is O=C(NCCCCN=C=S)Nc1cccnc1. The Morgan fingerprint density at radius 3 is 3.12 bits per heavy atom. The van der Waals surface area contributed by atoms with E-state index in [9.17, 15) is 4.79 Å². The quantitative estimate of drug-likeness (QED) is 0.461. The van der Waals surface area contributed by atoms with Crippen LogP contribution in [-0.4, -0.2) is 29.3 Å². The summed E-state index contributed by atoms with van der Waals surface area (Å²) in [6, 6.07) is 3.32. The number of rotatable bonds is 6. The monoisotopic (exact) mass is 250 g/mol. The maximum absolute atomic E-state index is 11.4. The molecule has 0 spiro atoms. The van der Waals surface area contributed by atoms with E-state index >= 15 is 0 Å². The van der Waals surface area contributed by atoms with Crippen molar-refractivity contribution < 1.29 is 4.79 Å². The standard InChI is InChI=1S/C11H14N4OS/c16-11(14-7-2-1-5-13-9-17)15-10-4-3-6-12-8-10/h3-4,6,8H,1-2,5,7H2,(H2,14,15,16). The third-order valence-electron chi connectivity index (χ3n) is 1.97. The van der Waals surface area contributed by atoms with Crippen LogP contribution in [-0.2, 0) is 0 Å². The summed E-state index contributed by atoms with van der Waals surface area (Å²) >= 11 is 4.44. The Morgan fingerprint density at radius 2 is 2.41 bits per heavy atom. The number of isothiocyanates is 1. The van der Waals surface area contributed by atoms with Crippen molar-refractivity contribution in [2.75, 3.05) is 18.4 Å². The van der Waals surface area contributed by atoms with Crippen LogP contribution in [0.2, 0.25) is 0 Å². The molecule has 0 radical (unpaired) electrons. The van der Waals surface area contributed by atoms with Crippen molar-refractivity contribution in [3.05, 3.63) is 24.5 Å². The molecule has 1 rings (SSSR count). The highest BCUT2D eigenvalue weighted by Crippen LogP contribution is 2.01. The van der Waals surface area contributed by atoms with Crippen LogP contribution in [0.25, 0.3) is 0 Å². The van der Waals surface area contributed by atoms with Gasteiger partial charge < -0.3 is 10.6 Å². The van der Waals surface area contributed by atoms with Crippen LogP contribution < -0.4 is 10.6 Å². The van der Waals surface area contributed by atoms with E-state index in [4.69, 9.17) is 0 Å². The maximum atomic E-state index is 11.4. The van der Waals surface area contributed by atoms with Crippen LogP contribution in [0, 0.1) is 0 Å². The molecule has 0 fully saturated rings. The molecule has 0 unspecified atom stereocenters. The molecule has 0 bridgehead atoms. The number of unbranched alkanes of at least 4 members (excludes halogenated alkanes) is 1. The largest absolute Gasteiger partial charge is 0.338 e. The third-order valence-corrected chi connectivity index (χ3v) is 2.10. The van der Waals surface area contributed by atoms with Gasteiger partial charge in [0.2, 0.25) is 0 Å². The van der Waals surface area contributed by atoms with Gasteiger partial charge in [0.1, 0.15) is 0 Å². The fourth-order valence-corrected chi connectivity index (χ4v) is 1.27. The highest BCUT2D eigenvalue weighted by molar-refractivity contribution is 7.78. The molecule has 1 aromatic heterocycles. The number of nitrogens with zero attached hydrogens (tertiary/aromatic N) is 2. The first-order valence-corrected chi connectivity index (χ1v) is 5.72. The molecule has 5 nitrogen and oxygen atoms in total. The second-order valence-corrected chi connectivity index (χ2v) is 3.49. The zero-order valence-corrected chi connectivity index (χ0v) is 10.2. The van der Waals surface area contributed by atoms with Gasteiger partial charge in [-0.25, -0.2) is 9.79 Å². The van der Waals surface area contributed by atoms with E-state index in [1.54, 1.807) is 24.5 Å². The first-order valence-electron chi connectivity index (χ1n) is 5.31. The van der Waals surface area contributed by atoms with Gasteiger partial charge in [-0.1, -0.05) is 0 Å². The summed E-state index contributed by atoms with van der Waals surface area (Å²) < 4.78 is 0. The van der Waals surface area contributed by atoms with Gasteiger partial charge in [0.25, 0.3) is 0 Å². The van der Waals surface area contributed by atoms with Gasteiger partial charge in [-0.15, -0.1) is 0 Å². The maximum Gasteiger partial charge on any atom is 0.319 e. The van der Waals surface area contributed by atoms with Crippen LogP contribution in [0.1, 0.15) is 12.8 Å². The van der Waals surface area contributed by atoms with E-state index in [1.165, 1.54) is 0 Å². The first-order chi connectivity index (χ1) is 8.33. The molecule has 0 aliphatic rings. The number of pyridine rings is 1. The van der Waals surface area contributed by atoms with Crippen molar-refractivity contribution in [2.24, 2.45) is 4.99 Å². The Balaban J connectivity index is 2.11. The molecule has 0 atom stereocenters. The summed E-state index contributed by atoms with van der Waals surface area (Å²) in [6.45, 7) is 1.27. The van der Waals surface area contributed by atoms with Crippen molar-refractivity contribution >= 4 is 29.1 Å². The third kappa shape index (κ3) is 6.40. The molecule has 0 aliphatic heterocycles. The minimum atomic E-state index is -0.226. The number of carbonyl (C=O) groups excluding carboxylic acids is 1. The minimum Gasteiger partial charge on any atom is -0.338 e. The Kier molecular flexibility index (Phi) is 6.55. The minimum absolute atomic E-state index is 0.226. The van der Waals surface area contributed by atoms with Crippen LogP contribution in [0.3, 0.4) is 0 Å². The van der Waals surface area contributed by atoms with Gasteiger partial charge in [-0.3, -0.25) is 4.98 Å².